The number of nitrogens with zero attached hydrogens (tertiary/aromatic N) is 3. The Morgan fingerprint density at radius 2 is 1.92 bits per heavy atom. The van der Waals surface area contributed by atoms with Crippen LogP contribution in [-0.4, -0.2) is 9.55 Å². The Balaban J connectivity index is 1.94. The van der Waals surface area contributed by atoms with Crippen molar-refractivity contribution in [3.63, 3.8) is 0 Å². The van der Waals surface area contributed by atoms with E-state index >= 15 is 0 Å². The minimum absolute atomic E-state index is 0.0788. The Kier molecular flexibility index (Phi) is 3.64. The van der Waals surface area contributed by atoms with Crippen LogP contribution in [0.5, 0.6) is 0 Å². The van der Waals surface area contributed by atoms with E-state index in [1.54, 1.807) is 43.0 Å². The van der Waals surface area contributed by atoms with Crippen LogP contribution in [-0.2, 0) is 0 Å². The van der Waals surface area contributed by atoms with Crippen LogP contribution in [0.15, 0.2) is 82.7 Å². The lowest BCUT2D eigenvalue weighted by molar-refractivity contribution is 0.570. The van der Waals surface area contributed by atoms with Crippen LogP contribution in [0.3, 0.4) is 0 Å². The molecule has 0 radical (unpaired) electrons. The third-order valence-corrected chi connectivity index (χ3v) is 4.18. The zero-order chi connectivity index (χ0) is 17.2. The van der Waals surface area contributed by atoms with Gasteiger partial charge in [0.2, 0.25) is 0 Å². The molecule has 4 aromatic rings. The van der Waals surface area contributed by atoms with Gasteiger partial charge in [-0.2, -0.15) is 5.26 Å². The number of aromatic nitrogens is 2. The molecule has 0 unspecified atom stereocenters. The Morgan fingerprint density at radius 1 is 1.12 bits per heavy atom. The van der Waals surface area contributed by atoms with E-state index in [9.17, 15) is 4.79 Å². The van der Waals surface area contributed by atoms with Crippen LogP contribution in [0.1, 0.15) is 22.7 Å². The monoisotopic (exact) mass is 327 g/mol. The molecule has 0 fully saturated rings. The summed E-state index contributed by atoms with van der Waals surface area (Å²) in [5.41, 5.74) is 2.44. The summed E-state index contributed by atoms with van der Waals surface area (Å²) in [5.74, 6) is 0. The zero-order valence-corrected chi connectivity index (χ0v) is 13.2. The fourth-order valence-corrected chi connectivity index (χ4v) is 2.96. The Labute approximate surface area is 143 Å². The van der Waals surface area contributed by atoms with Crippen LogP contribution < -0.4 is 5.43 Å². The average molecular weight is 327 g/mol. The molecule has 2 aromatic carbocycles. The molecule has 5 heteroatoms. The number of hydrogen-bond donors (Lipinski definition) is 0. The second-order valence-corrected chi connectivity index (χ2v) is 5.66. The molecule has 25 heavy (non-hydrogen) atoms. The maximum absolute atomic E-state index is 13.0. The second kappa shape index (κ2) is 6.10. The first-order chi connectivity index (χ1) is 12.3. The van der Waals surface area contributed by atoms with Gasteiger partial charge < -0.3 is 8.98 Å². The molecule has 2 aromatic heterocycles. The first-order valence-electron chi connectivity index (χ1n) is 7.76. The quantitative estimate of drug-likeness (QED) is 0.577. The van der Waals surface area contributed by atoms with Crippen molar-refractivity contribution >= 4 is 11.0 Å². The molecule has 0 aliphatic heterocycles. The molecular formula is C20H13N3O2. The Morgan fingerprint density at radius 3 is 2.64 bits per heavy atom. The molecule has 0 bridgehead atoms. The summed E-state index contributed by atoms with van der Waals surface area (Å²) in [5, 5.41) is 9.54. The molecule has 2 heterocycles. The highest BCUT2D eigenvalue weighted by molar-refractivity contribution is 5.76. The van der Waals surface area contributed by atoms with Gasteiger partial charge in [-0.3, -0.25) is 4.79 Å². The molecule has 0 spiro atoms. The maximum Gasteiger partial charge on any atom is 0.198 e. The summed E-state index contributed by atoms with van der Waals surface area (Å²) < 4.78 is 7.53. The predicted octanol–water partition coefficient (Wildman–Crippen LogP) is 3.50. The SMILES string of the molecule is N#Cc1ccc([C@@H](c2coc3ccccc3c2=O)n2ccnc2)cc1. The number of imidazole rings is 1. The van der Waals surface area contributed by atoms with Gasteiger partial charge in [-0.15, -0.1) is 0 Å². The fraction of sp³-hybridized carbons (Fsp3) is 0.0500. The van der Waals surface area contributed by atoms with Crippen LogP contribution in [0.2, 0.25) is 0 Å². The lowest BCUT2D eigenvalue weighted by Gasteiger charge is -2.19. The highest BCUT2D eigenvalue weighted by Crippen LogP contribution is 2.26. The van der Waals surface area contributed by atoms with Gasteiger partial charge in [0, 0.05) is 12.4 Å². The molecule has 0 saturated carbocycles. The molecule has 0 aliphatic carbocycles. The summed E-state index contributed by atoms with van der Waals surface area (Å²) in [6, 6.07) is 16.1. The molecule has 4 rings (SSSR count). The van der Waals surface area contributed by atoms with Crippen molar-refractivity contribution in [1.82, 2.24) is 9.55 Å². The molecular weight excluding hydrogens is 314 g/mol. The minimum atomic E-state index is -0.379. The first kappa shape index (κ1) is 14.9. The van der Waals surface area contributed by atoms with E-state index in [0.29, 0.717) is 22.1 Å². The normalized spacial score (nSPS) is 12.0. The molecule has 5 nitrogen and oxygen atoms in total. The van der Waals surface area contributed by atoms with Crippen molar-refractivity contribution in [2.75, 3.05) is 0 Å². The van der Waals surface area contributed by atoms with E-state index in [4.69, 9.17) is 9.68 Å². The molecule has 0 aliphatic rings. The van der Waals surface area contributed by atoms with Gasteiger partial charge in [0.05, 0.1) is 35.0 Å². The van der Waals surface area contributed by atoms with Gasteiger partial charge in [-0.1, -0.05) is 24.3 Å². The average Bonchev–Trinajstić information content (AvgIpc) is 3.19. The molecule has 0 saturated heterocycles. The van der Waals surface area contributed by atoms with Crippen LogP contribution in [0.25, 0.3) is 11.0 Å². The third kappa shape index (κ3) is 2.60. The van der Waals surface area contributed by atoms with Crippen LogP contribution in [0.4, 0.5) is 0 Å². The predicted molar refractivity (Wildman–Crippen MR) is 93.1 cm³/mol. The largest absolute Gasteiger partial charge is 0.464 e. The first-order valence-corrected chi connectivity index (χ1v) is 7.76. The van der Waals surface area contributed by atoms with Crippen LogP contribution in [0, 0.1) is 11.3 Å². The van der Waals surface area contributed by atoms with E-state index in [1.165, 1.54) is 6.26 Å². The maximum atomic E-state index is 13.0. The van der Waals surface area contributed by atoms with Crippen LogP contribution >= 0.6 is 0 Å². The van der Waals surface area contributed by atoms with Crippen molar-refractivity contribution in [3.05, 3.63) is 100 Å². The summed E-state index contributed by atoms with van der Waals surface area (Å²) in [6.07, 6.45) is 6.64. The highest BCUT2D eigenvalue weighted by atomic mass is 16.3. The van der Waals surface area contributed by atoms with Gasteiger partial charge in [-0.05, 0) is 29.8 Å². The van der Waals surface area contributed by atoms with Gasteiger partial charge >= 0.3 is 0 Å². The molecule has 120 valence electrons. The third-order valence-electron chi connectivity index (χ3n) is 4.18. The summed E-state index contributed by atoms with van der Waals surface area (Å²) in [6.45, 7) is 0. The smallest absolute Gasteiger partial charge is 0.198 e. The molecule has 0 N–H and O–H groups in total. The number of benzene rings is 2. The summed E-state index contributed by atoms with van der Waals surface area (Å²) >= 11 is 0. The van der Waals surface area contributed by atoms with Crippen molar-refractivity contribution in [3.8, 4) is 6.07 Å². The minimum Gasteiger partial charge on any atom is -0.464 e. The van der Waals surface area contributed by atoms with Gasteiger partial charge in [0.25, 0.3) is 0 Å². The number of rotatable bonds is 3. The van der Waals surface area contributed by atoms with E-state index < -0.39 is 0 Å². The van der Waals surface area contributed by atoms with E-state index in [2.05, 4.69) is 11.1 Å². The standard InChI is InChI=1S/C20H13N3O2/c21-11-14-5-7-15(8-6-14)19(23-10-9-22-13-23)17-12-25-18-4-2-1-3-16(18)20(17)24/h1-10,12-13,19H/t19-/m0/s1. The molecule has 0 amide bonds. The number of para-hydroxylation sites is 1. The lowest BCUT2D eigenvalue weighted by Crippen LogP contribution is -2.19. The second-order valence-electron chi connectivity index (χ2n) is 5.66. The highest BCUT2D eigenvalue weighted by Gasteiger charge is 2.21. The van der Waals surface area contributed by atoms with Gasteiger partial charge in [0.1, 0.15) is 11.8 Å². The van der Waals surface area contributed by atoms with E-state index in [-0.39, 0.29) is 11.5 Å². The number of fused-ring (bicyclic) bond motifs is 1. The summed E-state index contributed by atoms with van der Waals surface area (Å²) in [4.78, 5) is 17.1. The van der Waals surface area contributed by atoms with Crippen molar-refractivity contribution in [2.45, 2.75) is 6.04 Å². The lowest BCUT2D eigenvalue weighted by atomic mass is 9.98. The van der Waals surface area contributed by atoms with Crippen molar-refractivity contribution in [1.29, 1.82) is 5.26 Å². The fourth-order valence-electron chi connectivity index (χ4n) is 2.96. The number of hydrogen-bond acceptors (Lipinski definition) is 4. The topological polar surface area (TPSA) is 71.8 Å². The Bertz CT molecular complexity index is 1120. The van der Waals surface area contributed by atoms with Gasteiger partial charge in [0.15, 0.2) is 5.43 Å². The number of nitriles is 1. The van der Waals surface area contributed by atoms with E-state index in [0.717, 1.165) is 5.56 Å². The molecule has 1 atom stereocenters. The Hall–Kier alpha value is -3.65. The van der Waals surface area contributed by atoms with Gasteiger partial charge in [-0.25, -0.2) is 4.98 Å². The summed E-state index contributed by atoms with van der Waals surface area (Å²) in [7, 11) is 0. The van der Waals surface area contributed by atoms with Crippen molar-refractivity contribution < 1.29 is 4.42 Å². The van der Waals surface area contributed by atoms with Crippen molar-refractivity contribution in [2.24, 2.45) is 0 Å². The zero-order valence-electron chi connectivity index (χ0n) is 13.2. The van der Waals surface area contributed by atoms with E-state index in [1.807, 2.05) is 28.8 Å².